The molecule has 1 atom stereocenters. The third-order valence-electron chi connectivity index (χ3n) is 1.73. The zero-order valence-corrected chi connectivity index (χ0v) is 9.96. The molecule has 0 aliphatic heterocycles. The fraction of sp³-hybridized carbons (Fsp3) is 0.333. The van der Waals surface area contributed by atoms with E-state index in [9.17, 15) is 0 Å². The standard InChI is InChI=1S/C9H18Si2/c1-6-10(3)8-9-11(4,5)7-2/h6-10H,1-2H2,3-5H3. The fourth-order valence-electron chi connectivity index (χ4n) is 0.546. The Balaban J connectivity index is 4.10. The Labute approximate surface area is 72.9 Å². The Hall–Kier alpha value is -0.346. The highest BCUT2D eigenvalue weighted by Gasteiger charge is 2.10. The molecule has 0 N–H and O–H groups in total. The summed E-state index contributed by atoms with van der Waals surface area (Å²) < 4.78 is 0. The van der Waals surface area contributed by atoms with Gasteiger partial charge in [0.05, 0.1) is 16.9 Å². The van der Waals surface area contributed by atoms with Crippen LogP contribution in [0.1, 0.15) is 0 Å². The monoisotopic (exact) mass is 182 g/mol. The lowest BCUT2D eigenvalue weighted by atomic mass is 11.2. The van der Waals surface area contributed by atoms with Gasteiger partial charge in [-0.2, -0.15) is 0 Å². The van der Waals surface area contributed by atoms with Crippen molar-refractivity contribution in [3.63, 3.8) is 0 Å². The van der Waals surface area contributed by atoms with Crippen LogP contribution in [0.2, 0.25) is 19.6 Å². The summed E-state index contributed by atoms with van der Waals surface area (Å²) in [6.07, 6.45) is 0. The molecule has 0 bridgehead atoms. The Morgan fingerprint density at radius 1 is 1.27 bits per heavy atom. The molecule has 0 rings (SSSR count). The molecule has 0 aliphatic carbocycles. The van der Waals surface area contributed by atoms with Gasteiger partial charge in [-0.05, 0) is 0 Å². The molecule has 0 nitrogen and oxygen atoms in total. The molecule has 0 aromatic carbocycles. The summed E-state index contributed by atoms with van der Waals surface area (Å²) >= 11 is 0. The minimum atomic E-state index is -1.19. The molecular weight excluding hydrogens is 164 g/mol. The van der Waals surface area contributed by atoms with Gasteiger partial charge in [0.2, 0.25) is 0 Å². The van der Waals surface area contributed by atoms with Crippen molar-refractivity contribution in [2.75, 3.05) is 0 Å². The highest BCUT2D eigenvalue weighted by Crippen LogP contribution is 2.04. The van der Waals surface area contributed by atoms with Crippen LogP contribution in [0.4, 0.5) is 0 Å². The molecule has 0 aromatic heterocycles. The summed E-state index contributed by atoms with van der Waals surface area (Å²) in [4.78, 5) is 0. The van der Waals surface area contributed by atoms with Gasteiger partial charge in [-0.25, -0.2) is 0 Å². The molecule has 2 heteroatoms. The van der Waals surface area contributed by atoms with E-state index in [2.05, 4.69) is 55.6 Å². The van der Waals surface area contributed by atoms with Crippen LogP contribution in [0.5, 0.6) is 0 Å². The second-order valence-corrected chi connectivity index (χ2v) is 10.4. The second kappa shape index (κ2) is 4.52. The van der Waals surface area contributed by atoms with Crippen molar-refractivity contribution in [1.82, 2.24) is 0 Å². The maximum absolute atomic E-state index is 3.84. The first-order chi connectivity index (χ1) is 5.02. The van der Waals surface area contributed by atoms with E-state index >= 15 is 0 Å². The highest BCUT2D eigenvalue weighted by molar-refractivity contribution is 6.87. The van der Waals surface area contributed by atoms with Gasteiger partial charge in [-0.15, -0.1) is 24.6 Å². The largest absolute Gasteiger partial charge is 0.107 e. The molecule has 0 radical (unpaired) electrons. The van der Waals surface area contributed by atoms with Crippen LogP contribution in [0.25, 0.3) is 0 Å². The number of hydrogen-bond donors (Lipinski definition) is 0. The van der Waals surface area contributed by atoms with E-state index in [1.54, 1.807) is 0 Å². The SMILES string of the molecule is C=C[SiH](C)C=C[Si](C)(C)C=C. The molecule has 62 valence electrons. The lowest BCUT2D eigenvalue weighted by Gasteiger charge is -2.10. The first-order valence-electron chi connectivity index (χ1n) is 3.97. The summed E-state index contributed by atoms with van der Waals surface area (Å²) in [6, 6.07) is 0. The van der Waals surface area contributed by atoms with Crippen LogP contribution in [0, 0.1) is 0 Å². The summed E-state index contributed by atoms with van der Waals surface area (Å²) in [5.41, 5.74) is 8.90. The summed E-state index contributed by atoms with van der Waals surface area (Å²) in [5.74, 6) is 0. The summed E-state index contributed by atoms with van der Waals surface area (Å²) in [6.45, 7) is 14.5. The van der Waals surface area contributed by atoms with Crippen LogP contribution in [-0.2, 0) is 0 Å². The predicted molar refractivity (Wildman–Crippen MR) is 60.0 cm³/mol. The van der Waals surface area contributed by atoms with Gasteiger partial charge in [0.15, 0.2) is 0 Å². The smallest absolute Gasteiger partial charge is 0.0941 e. The van der Waals surface area contributed by atoms with E-state index < -0.39 is 16.9 Å². The molecule has 0 saturated heterocycles. The Kier molecular flexibility index (Phi) is 4.37. The van der Waals surface area contributed by atoms with Crippen molar-refractivity contribution in [1.29, 1.82) is 0 Å². The van der Waals surface area contributed by atoms with Gasteiger partial charge < -0.3 is 0 Å². The third-order valence-corrected chi connectivity index (χ3v) is 5.76. The molecule has 0 aromatic rings. The van der Waals surface area contributed by atoms with Crippen molar-refractivity contribution in [2.24, 2.45) is 0 Å². The molecule has 0 spiro atoms. The quantitative estimate of drug-likeness (QED) is 0.586. The van der Waals surface area contributed by atoms with Crippen LogP contribution >= 0.6 is 0 Å². The zero-order chi connectivity index (χ0) is 8.91. The minimum Gasteiger partial charge on any atom is -0.107 e. The van der Waals surface area contributed by atoms with E-state index in [1.165, 1.54) is 0 Å². The topological polar surface area (TPSA) is 0 Å². The van der Waals surface area contributed by atoms with E-state index in [1.807, 2.05) is 0 Å². The fourth-order valence-corrected chi connectivity index (χ4v) is 4.04. The van der Waals surface area contributed by atoms with Crippen LogP contribution < -0.4 is 0 Å². The molecule has 0 aliphatic rings. The summed E-state index contributed by atoms with van der Waals surface area (Å²) in [5, 5.41) is 0. The van der Waals surface area contributed by atoms with E-state index in [-0.39, 0.29) is 0 Å². The average Bonchev–Trinajstić information content (AvgIpc) is 2.00. The number of rotatable bonds is 4. The normalized spacial score (nSPS) is 14.8. The first kappa shape index (κ1) is 10.7. The maximum atomic E-state index is 3.84. The molecule has 0 fully saturated rings. The van der Waals surface area contributed by atoms with Gasteiger partial charge in [0.25, 0.3) is 0 Å². The lowest BCUT2D eigenvalue weighted by molar-refractivity contribution is 1.85. The van der Waals surface area contributed by atoms with E-state index in [0.717, 1.165) is 0 Å². The Morgan fingerprint density at radius 3 is 2.18 bits per heavy atom. The summed E-state index contributed by atoms with van der Waals surface area (Å²) in [7, 11) is -1.91. The maximum Gasteiger partial charge on any atom is 0.0941 e. The molecule has 0 amide bonds. The Bertz CT molecular complexity index is 168. The van der Waals surface area contributed by atoms with Crippen molar-refractivity contribution >= 4 is 16.9 Å². The third kappa shape index (κ3) is 4.98. The van der Waals surface area contributed by atoms with E-state index in [4.69, 9.17) is 0 Å². The average molecular weight is 182 g/mol. The van der Waals surface area contributed by atoms with Crippen molar-refractivity contribution in [2.45, 2.75) is 19.6 Å². The second-order valence-electron chi connectivity index (χ2n) is 3.48. The van der Waals surface area contributed by atoms with Gasteiger partial charge >= 0.3 is 0 Å². The lowest BCUT2D eigenvalue weighted by Crippen LogP contribution is -2.19. The molecule has 0 saturated carbocycles. The van der Waals surface area contributed by atoms with Crippen molar-refractivity contribution in [3.05, 3.63) is 36.0 Å². The number of hydrogen-bond acceptors (Lipinski definition) is 0. The zero-order valence-electron chi connectivity index (χ0n) is 7.80. The van der Waals surface area contributed by atoms with Gasteiger partial charge in [-0.1, -0.05) is 31.0 Å². The Morgan fingerprint density at radius 2 is 1.82 bits per heavy atom. The van der Waals surface area contributed by atoms with Crippen LogP contribution in [0.3, 0.4) is 0 Å². The first-order valence-corrected chi connectivity index (χ1v) is 9.61. The van der Waals surface area contributed by atoms with Crippen molar-refractivity contribution < 1.29 is 0 Å². The molecule has 11 heavy (non-hydrogen) atoms. The molecular formula is C9H18Si2. The van der Waals surface area contributed by atoms with Crippen LogP contribution in [0.15, 0.2) is 36.0 Å². The highest BCUT2D eigenvalue weighted by atomic mass is 28.3. The van der Waals surface area contributed by atoms with Crippen molar-refractivity contribution in [3.8, 4) is 0 Å². The molecule has 1 unspecified atom stereocenters. The predicted octanol–water partition coefficient (Wildman–Crippen LogP) is 2.64. The van der Waals surface area contributed by atoms with Crippen LogP contribution in [-0.4, -0.2) is 16.9 Å². The minimum absolute atomic E-state index is 0.725. The van der Waals surface area contributed by atoms with Gasteiger partial charge in [0.1, 0.15) is 0 Å². The van der Waals surface area contributed by atoms with E-state index in [0.29, 0.717) is 0 Å². The molecule has 0 heterocycles. The van der Waals surface area contributed by atoms with Gasteiger partial charge in [-0.3, -0.25) is 0 Å². The van der Waals surface area contributed by atoms with Gasteiger partial charge in [0, 0.05) is 0 Å².